The molecule has 0 N–H and O–H groups in total. The van der Waals surface area contributed by atoms with Crippen molar-refractivity contribution in [3.8, 4) is 11.1 Å². The molecule has 0 bridgehead atoms. The van der Waals surface area contributed by atoms with E-state index in [0.717, 1.165) is 22.6 Å². The fourth-order valence-electron chi connectivity index (χ4n) is 3.32. The van der Waals surface area contributed by atoms with E-state index in [9.17, 15) is 0 Å². The Morgan fingerprint density at radius 1 is 0.586 bits per heavy atom. The number of para-hydroxylation sites is 1. The highest BCUT2D eigenvalue weighted by molar-refractivity contribution is 5.78. The highest BCUT2D eigenvalue weighted by atomic mass is 15.1. The van der Waals surface area contributed by atoms with Crippen LogP contribution in [0.5, 0.6) is 0 Å². The van der Waals surface area contributed by atoms with Crippen LogP contribution in [0, 0.1) is 0 Å². The summed E-state index contributed by atoms with van der Waals surface area (Å²) in [6.45, 7) is 0.355. The van der Waals surface area contributed by atoms with Crippen LogP contribution in [0.15, 0.2) is 114 Å². The molecule has 0 aliphatic carbocycles. The monoisotopic (exact) mass is 376 g/mol. The van der Waals surface area contributed by atoms with Crippen molar-refractivity contribution >= 4 is 17.1 Å². The first-order valence-corrected chi connectivity index (χ1v) is 9.45. The largest absolute Gasteiger partial charge is 0.311 e. The number of anilines is 3. The van der Waals surface area contributed by atoms with Crippen LogP contribution in [0.3, 0.4) is 0 Å². The van der Waals surface area contributed by atoms with Gasteiger partial charge in [0, 0.05) is 22.0 Å². The highest BCUT2D eigenvalue weighted by Crippen LogP contribution is 2.35. The van der Waals surface area contributed by atoms with Crippen LogP contribution in [0.1, 0.15) is 5.56 Å². The molecule has 0 fully saturated rings. The van der Waals surface area contributed by atoms with Crippen LogP contribution in [0.4, 0.5) is 17.1 Å². The van der Waals surface area contributed by atoms with Gasteiger partial charge in [-0.1, -0.05) is 77.9 Å². The third kappa shape index (κ3) is 4.29. The summed E-state index contributed by atoms with van der Waals surface area (Å²) in [7, 11) is 0. The molecule has 0 saturated carbocycles. The standard InChI is InChI=1S/C25H20N4/c26-28-27-19-20-11-15-24(16-12-20)29(23-9-5-2-6-10-23)25-17-13-22(14-18-25)21-7-3-1-4-8-21/h1-18H,19H2. The van der Waals surface area contributed by atoms with Gasteiger partial charge < -0.3 is 4.90 Å². The van der Waals surface area contributed by atoms with Crippen molar-refractivity contribution in [2.24, 2.45) is 5.11 Å². The minimum atomic E-state index is 0.355. The molecule has 4 aromatic rings. The van der Waals surface area contributed by atoms with Crippen LogP contribution in [0.25, 0.3) is 21.6 Å². The Labute approximate surface area is 170 Å². The zero-order valence-electron chi connectivity index (χ0n) is 15.9. The molecule has 29 heavy (non-hydrogen) atoms. The third-order valence-corrected chi connectivity index (χ3v) is 4.76. The summed E-state index contributed by atoms with van der Waals surface area (Å²) in [5.74, 6) is 0. The first-order chi connectivity index (χ1) is 14.3. The van der Waals surface area contributed by atoms with Crippen molar-refractivity contribution in [1.82, 2.24) is 0 Å². The normalized spacial score (nSPS) is 10.2. The summed E-state index contributed by atoms with van der Waals surface area (Å²) >= 11 is 0. The van der Waals surface area contributed by atoms with Crippen LogP contribution >= 0.6 is 0 Å². The second-order valence-corrected chi connectivity index (χ2v) is 6.64. The smallest absolute Gasteiger partial charge is 0.0510 e. The first kappa shape index (κ1) is 18.4. The van der Waals surface area contributed by atoms with Gasteiger partial charge in [-0.15, -0.1) is 0 Å². The Hall–Kier alpha value is -4.01. The van der Waals surface area contributed by atoms with E-state index in [0.29, 0.717) is 6.54 Å². The second kappa shape index (κ2) is 8.79. The van der Waals surface area contributed by atoms with Crippen molar-refractivity contribution < 1.29 is 0 Å². The summed E-state index contributed by atoms with van der Waals surface area (Å²) in [5.41, 5.74) is 15.1. The third-order valence-electron chi connectivity index (χ3n) is 4.76. The molecular formula is C25H20N4. The van der Waals surface area contributed by atoms with Gasteiger partial charge in [0.05, 0.1) is 6.54 Å². The van der Waals surface area contributed by atoms with E-state index in [1.807, 2.05) is 36.4 Å². The van der Waals surface area contributed by atoms with Crippen LogP contribution in [-0.4, -0.2) is 0 Å². The van der Waals surface area contributed by atoms with Crippen molar-refractivity contribution in [2.45, 2.75) is 6.54 Å². The summed E-state index contributed by atoms with van der Waals surface area (Å²) < 4.78 is 0. The Morgan fingerprint density at radius 3 is 1.66 bits per heavy atom. The van der Waals surface area contributed by atoms with E-state index >= 15 is 0 Å². The molecule has 0 atom stereocenters. The average molecular weight is 376 g/mol. The number of benzene rings is 4. The highest BCUT2D eigenvalue weighted by Gasteiger charge is 2.12. The Balaban J connectivity index is 1.71. The quantitative estimate of drug-likeness (QED) is 0.194. The zero-order chi connectivity index (χ0) is 19.9. The van der Waals surface area contributed by atoms with E-state index in [-0.39, 0.29) is 0 Å². The maximum absolute atomic E-state index is 8.52. The van der Waals surface area contributed by atoms with Crippen molar-refractivity contribution in [3.63, 3.8) is 0 Å². The molecule has 4 aromatic carbocycles. The van der Waals surface area contributed by atoms with Gasteiger partial charge in [-0.25, -0.2) is 0 Å². The topological polar surface area (TPSA) is 52.0 Å². The molecule has 4 nitrogen and oxygen atoms in total. The van der Waals surface area contributed by atoms with Gasteiger partial charge in [0.25, 0.3) is 0 Å². The van der Waals surface area contributed by atoms with E-state index in [4.69, 9.17) is 5.53 Å². The Morgan fingerprint density at radius 2 is 1.07 bits per heavy atom. The van der Waals surface area contributed by atoms with Gasteiger partial charge in [-0.05, 0) is 58.6 Å². The van der Waals surface area contributed by atoms with Gasteiger partial charge in [0.15, 0.2) is 0 Å². The molecular weight excluding hydrogens is 356 g/mol. The van der Waals surface area contributed by atoms with E-state index in [2.05, 4.69) is 87.7 Å². The molecule has 4 rings (SSSR count). The van der Waals surface area contributed by atoms with Crippen LogP contribution < -0.4 is 4.90 Å². The predicted octanol–water partition coefficient (Wildman–Crippen LogP) is 7.63. The maximum Gasteiger partial charge on any atom is 0.0510 e. The molecule has 0 saturated heterocycles. The van der Waals surface area contributed by atoms with Gasteiger partial charge in [0.1, 0.15) is 0 Å². The molecule has 140 valence electrons. The van der Waals surface area contributed by atoms with Crippen molar-refractivity contribution in [1.29, 1.82) is 0 Å². The summed E-state index contributed by atoms with van der Waals surface area (Å²) in [6.07, 6.45) is 0. The molecule has 0 spiro atoms. The Bertz CT molecular complexity index is 1100. The minimum Gasteiger partial charge on any atom is -0.311 e. The SMILES string of the molecule is [N-]=[N+]=NCc1ccc(N(c2ccccc2)c2ccc(-c3ccccc3)cc2)cc1. The fraction of sp³-hybridized carbons (Fsp3) is 0.0400. The molecule has 0 amide bonds. The summed E-state index contributed by atoms with van der Waals surface area (Å²) in [6, 6.07) is 37.3. The summed E-state index contributed by atoms with van der Waals surface area (Å²) in [4.78, 5) is 5.05. The van der Waals surface area contributed by atoms with Gasteiger partial charge >= 0.3 is 0 Å². The van der Waals surface area contributed by atoms with Crippen LogP contribution in [-0.2, 0) is 6.54 Å². The lowest BCUT2D eigenvalue weighted by Gasteiger charge is -2.25. The zero-order valence-corrected chi connectivity index (χ0v) is 15.9. The average Bonchev–Trinajstić information content (AvgIpc) is 2.80. The number of azide groups is 1. The molecule has 0 aliphatic rings. The predicted molar refractivity (Wildman–Crippen MR) is 119 cm³/mol. The molecule has 0 aliphatic heterocycles. The first-order valence-electron chi connectivity index (χ1n) is 9.45. The number of hydrogen-bond donors (Lipinski definition) is 0. The number of rotatable bonds is 6. The maximum atomic E-state index is 8.52. The molecule has 0 unspecified atom stereocenters. The lowest BCUT2D eigenvalue weighted by atomic mass is 10.0. The second-order valence-electron chi connectivity index (χ2n) is 6.64. The van der Waals surface area contributed by atoms with E-state index in [1.165, 1.54) is 11.1 Å². The van der Waals surface area contributed by atoms with Crippen LogP contribution in [0.2, 0.25) is 0 Å². The van der Waals surface area contributed by atoms with Crippen molar-refractivity contribution in [3.05, 3.63) is 125 Å². The molecule has 4 heteroatoms. The summed E-state index contributed by atoms with van der Waals surface area (Å²) in [5, 5.41) is 3.64. The van der Waals surface area contributed by atoms with Gasteiger partial charge in [-0.2, -0.15) is 0 Å². The van der Waals surface area contributed by atoms with Gasteiger partial charge in [-0.3, -0.25) is 0 Å². The van der Waals surface area contributed by atoms with Crippen molar-refractivity contribution in [2.75, 3.05) is 4.90 Å². The minimum absolute atomic E-state index is 0.355. The van der Waals surface area contributed by atoms with Gasteiger partial charge in [0.2, 0.25) is 0 Å². The number of nitrogens with zero attached hydrogens (tertiary/aromatic N) is 4. The molecule has 0 radical (unpaired) electrons. The lowest BCUT2D eigenvalue weighted by Crippen LogP contribution is -2.09. The number of hydrogen-bond acceptors (Lipinski definition) is 2. The Kier molecular flexibility index (Phi) is 5.56. The van der Waals surface area contributed by atoms with E-state index < -0.39 is 0 Å². The van der Waals surface area contributed by atoms with E-state index in [1.54, 1.807) is 0 Å². The fourth-order valence-corrected chi connectivity index (χ4v) is 3.32. The molecule has 0 heterocycles. The lowest BCUT2D eigenvalue weighted by molar-refractivity contribution is 1.05. The molecule has 0 aromatic heterocycles.